The molecule has 5 heterocycles. The first-order valence-electron chi connectivity index (χ1n) is 14.0. The van der Waals surface area contributed by atoms with Gasteiger partial charge >= 0.3 is 0 Å². The average Bonchev–Trinajstić information content (AvgIpc) is 3.74. The van der Waals surface area contributed by atoms with Crippen LogP contribution >= 0.6 is 0 Å². The van der Waals surface area contributed by atoms with Gasteiger partial charge in [-0.25, -0.2) is 9.97 Å². The first kappa shape index (κ1) is 25.3. The van der Waals surface area contributed by atoms with Gasteiger partial charge in [-0.1, -0.05) is 12.1 Å². The summed E-state index contributed by atoms with van der Waals surface area (Å²) in [4.78, 5) is 35.3. The zero-order valence-corrected chi connectivity index (χ0v) is 22.1. The molecular weight excluding hydrogens is 478 g/mol. The monoisotopic (exact) mass is 517 g/mol. The summed E-state index contributed by atoms with van der Waals surface area (Å²) in [7, 11) is 0. The molecule has 9 nitrogen and oxygen atoms in total. The molecule has 1 amide bonds. The topological polar surface area (TPSA) is 93.4 Å². The maximum Gasteiger partial charge on any atom is 0.254 e. The number of aromatic nitrogens is 4. The number of carbonyl (C=O) groups excluding carboxylic acids is 1. The zero-order valence-electron chi connectivity index (χ0n) is 22.1. The van der Waals surface area contributed by atoms with Crippen LogP contribution in [0.4, 0.5) is 0 Å². The highest BCUT2D eigenvalue weighted by molar-refractivity contribution is 5.94. The molecule has 38 heavy (non-hydrogen) atoms. The van der Waals surface area contributed by atoms with E-state index in [-0.39, 0.29) is 5.91 Å². The fourth-order valence-electron chi connectivity index (χ4n) is 6.51. The molecule has 0 atom stereocenters. The molecule has 6 rings (SSSR count). The number of piperidine rings is 1. The summed E-state index contributed by atoms with van der Waals surface area (Å²) < 4.78 is 5.57. The number of nitrogens with one attached hydrogen (secondary N) is 2. The van der Waals surface area contributed by atoms with Crippen LogP contribution in [0.5, 0.6) is 0 Å². The summed E-state index contributed by atoms with van der Waals surface area (Å²) in [5, 5.41) is 0. The van der Waals surface area contributed by atoms with E-state index < -0.39 is 0 Å². The molecular formula is C29H39N7O2. The Morgan fingerprint density at radius 2 is 1.58 bits per heavy atom. The number of rotatable bonds is 8. The lowest BCUT2D eigenvalue weighted by molar-refractivity contribution is 0.00701. The summed E-state index contributed by atoms with van der Waals surface area (Å²) in [6.45, 7) is 8.43. The summed E-state index contributed by atoms with van der Waals surface area (Å²) in [5.41, 5.74) is 2.43. The second-order valence-corrected chi connectivity index (χ2v) is 11.3. The lowest BCUT2D eigenvalue weighted by Crippen LogP contribution is -2.47. The average molecular weight is 518 g/mol. The Bertz CT molecular complexity index is 1110. The number of ether oxygens (including phenoxy) is 1. The third-order valence-electron chi connectivity index (χ3n) is 8.77. The molecule has 9 heteroatoms. The van der Waals surface area contributed by atoms with Gasteiger partial charge in [-0.2, -0.15) is 0 Å². The predicted molar refractivity (Wildman–Crippen MR) is 144 cm³/mol. The van der Waals surface area contributed by atoms with Crippen molar-refractivity contribution in [1.82, 2.24) is 34.6 Å². The molecule has 0 aliphatic carbocycles. The molecule has 202 valence electrons. The van der Waals surface area contributed by atoms with Crippen molar-refractivity contribution >= 4 is 5.91 Å². The van der Waals surface area contributed by atoms with Gasteiger partial charge in [0.05, 0.1) is 13.1 Å². The quantitative estimate of drug-likeness (QED) is 0.476. The van der Waals surface area contributed by atoms with Gasteiger partial charge in [-0.05, 0) is 74.8 Å². The summed E-state index contributed by atoms with van der Waals surface area (Å²) >= 11 is 0. The SMILES string of the molecule is O=C(c1ccc(CN2CCC3(CCN(C4CCOCC4)CC3)C2)cc1)N(Cc1ncc[nH]1)Cc1ncc[nH]1. The molecule has 0 bridgehead atoms. The van der Waals surface area contributed by atoms with Crippen LogP contribution in [0.15, 0.2) is 49.1 Å². The van der Waals surface area contributed by atoms with E-state index in [0.717, 1.165) is 44.0 Å². The van der Waals surface area contributed by atoms with Crippen molar-refractivity contribution in [2.75, 3.05) is 39.4 Å². The number of nitrogens with zero attached hydrogens (tertiary/aromatic N) is 5. The van der Waals surface area contributed by atoms with Crippen LogP contribution in [0, 0.1) is 5.41 Å². The molecule has 1 aromatic carbocycles. The minimum absolute atomic E-state index is 0.0271. The van der Waals surface area contributed by atoms with Crippen molar-refractivity contribution in [2.45, 2.75) is 57.8 Å². The molecule has 3 fully saturated rings. The molecule has 3 aliphatic rings. The minimum atomic E-state index is -0.0271. The standard InChI is InChI=1S/C29H39N7O2/c37-28(36(20-26-30-10-11-31-26)21-27-32-12-13-33-27)24-3-1-23(2-4-24)19-34-14-7-29(22-34)8-15-35(16-9-29)25-5-17-38-18-6-25/h1-4,10-13,25H,5-9,14-22H2,(H,30,31)(H,32,33). The number of H-pyrrole nitrogens is 2. The van der Waals surface area contributed by atoms with Crippen LogP contribution in [-0.2, 0) is 24.4 Å². The van der Waals surface area contributed by atoms with Crippen molar-refractivity contribution < 1.29 is 9.53 Å². The zero-order chi connectivity index (χ0) is 25.8. The molecule has 2 N–H and O–H groups in total. The summed E-state index contributed by atoms with van der Waals surface area (Å²) in [5.74, 6) is 1.48. The Morgan fingerprint density at radius 1 is 0.947 bits per heavy atom. The maximum absolute atomic E-state index is 13.4. The van der Waals surface area contributed by atoms with E-state index in [0.29, 0.717) is 24.1 Å². The fraction of sp³-hybridized carbons (Fsp3) is 0.552. The first-order chi connectivity index (χ1) is 18.7. The van der Waals surface area contributed by atoms with Crippen LogP contribution in [-0.4, -0.2) is 86.0 Å². The van der Waals surface area contributed by atoms with Gasteiger partial charge in [0.2, 0.25) is 0 Å². The number of hydrogen-bond donors (Lipinski definition) is 2. The Morgan fingerprint density at radius 3 is 2.18 bits per heavy atom. The Balaban J connectivity index is 1.04. The molecule has 3 saturated heterocycles. The van der Waals surface area contributed by atoms with Crippen molar-refractivity contribution in [3.63, 3.8) is 0 Å². The van der Waals surface area contributed by atoms with Crippen molar-refractivity contribution in [3.8, 4) is 0 Å². The number of benzene rings is 1. The van der Waals surface area contributed by atoms with Crippen molar-refractivity contribution in [2.24, 2.45) is 5.41 Å². The van der Waals surface area contributed by atoms with Gasteiger partial charge in [0, 0.05) is 62.7 Å². The van der Waals surface area contributed by atoms with Crippen LogP contribution in [0.3, 0.4) is 0 Å². The molecule has 2 aromatic heterocycles. The lowest BCUT2D eigenvalue weighted by atomic mass is 9.77. The summed E-state index contributed by atoms with van der Waals surface area (Å²) in [6, 6.07) is 8.89. The van der Waals surface area contributed by atoms with E-state index in [9.17, 15) is 4.79 Å². The van der Waals surface area contributed by atoms with E-state index in [2.05, 4.69) is 41.9 Å². The van der Waals surface area contributed by atoms with E-state index in [4.69, 9.17) is 4.74 Å². The molecule has 3 aromatic rings. The van der Waals surface area contributed by atoms with Crippen LogP contribution in [0.25, 0.3) is 0 Å². The second-order valence-electron chi connectivity index (χ2n) is 11.3. The molecule has 3 aliphatic heterocycles. The summed E-state index contributed by atoms with van der Waals surface area (Å²) in [6.07, 6.45) is 13.3. The number of likely N-dealkylation sites (tertiary alicyclic amines) is 2. The van der Waals surface area contributed by atoms with E-state index in [1.165, 1.54) is 57.3 Å². The van der Waals surface area contributed by atoms with Gasteiger partial charge in [-0.15, -0.1) is 0 Å². The largest absolute Gasteiger partial charge is 0.381 e. The van der Waals surface area contributed by atoms with Crippen molar-refractivity contribution in [1.29, 1.82) is 0 Å². The normalized spacial score (nSPS) is 20.7. The number of amides is 1. The van der Waals surface area contributed by atoms with Gasteiger partial charge in [0.25, 0.3) is 5.91 Å². The third kappa shape index (κ3) is 5.85. The molecule has 0 saturated carbocycles. The lowest BCUT2D eigenvalue weighted by Gasteiger charge is -2.43. The number of imidazole rings is 2. The molecule has 0 radical (unpaired) electrons. The first-order valence-corrected chi connectivity index (χ1v) is 14.0. The Labute approximate surface area is 224 Å². The Kier molecular flexibility index (Phi) is 7.58. The van der Waals surface area contributed by atoms with Crippen molar-refractivity contribution in [3.05, 3.63) is 71.8 Å². The van der Waals surface area contributed by atoms with Crippen LogP contribution in [0.1, 0.15) is 59.7 Å². The fourth-order valence-corrected chi connectivity index (χ4v) is 6.51. The third-order valence-corrected chi connectivity index (χ3v) is 8.77. The predicted octanol–water partition coefficient (Wildman–Crippen LogP) is 3.44. The molecule has 1 spiro atoms. The number of carbonyl (C=O) groups is 1. The van der Waals surface area contributed by atoms with Gasteiger partial charge in [0.15, 0.2) is 0 Å². The highest BCUT2D eigenvalue weighted by Crippen LogP contribution is 2.41. The number of aromatic amines is 2. The van der Waals surface area contributed by atoms with Gasteiger partial charge in [-0.3, -0.25) is 9.69 Å². The van der Waals surface area contributed by atoms with Gasteiger partial charge in [0.1, 0.15) is 11.6 Å². The van der Waals surface area contributed by atoms with E-state index in [1.807, 2.05) is 12.1 Å². The maximum atomic E-state index is 13.4. The number of hydrogen-bond acceptors (Lipinski definition) is 6. The van der Waals surface area contributed by atoms with E-state index in [1.54, 1.807) is 29.7 Å². The second kappa shape index (κ2) is 11.4. The smallest absolute Gasteiger partial charge is 0.254 e. The minimum Gasteiger partial charge on any atom is -0.381 e. The van der Waals surface area contributed by atoms with E-state index >= 15 is 0 Å². The molecule has 0 unspecified atom stereocenters. The van der Waals surface area contributed by atoms with Crippen LogP contribution < -0.4 is 0 Å². The highest BCUT2D eigenvalue weighted by Gasteiger charge is 2.41. The highest BCUT2D eigenvalue weighted by atomic mass is 16.5. The Hall–Kier alpha value is -3.01. The van der Waals surface area contributed by atoms with Crippen LogP contribution in [0.2, 0.25) is 0 Å². The van der Waals surface area contributed by atoms with Gasteiger partial charge < -0.3 is 24.5 Å².